The van der Waals surface area contributed by atoms with Gasteiger partial charge in [0, 0.05) is 5.56 Å². The van der Waals surface area contributed by atoms with Crippen LogP contribution in [0.1, 0.15) is 5.56 Å². The van der Waals surface area contributed by atoms with E-state index < -0.39 is 0 Å². The summed E-state index contributed by atoms with van der Waals surface area (Å²) < 4.78 is 19.3. The van der Waals surface area contributed by atoms with Crippen LogP contribution < -0.4 is 4.74 Å². The Morgan fingerprint density at radius 1 is 1.14 bits per heavy atom. The molecule has 1 aromatic heterocycles. The minimum absolute atomic E-state index is 0.260. The normalized spacial score (nSPS) is 10.6. The number of halogens is 2. The zero-order valence-electron chi connectivity index (χ0n) is 10.8. The van der Waals surface area contributed by atoms with Crippen molar-refractivity contribution in [2.24, 2.45) is 0 Å². The molecule has 0 saturated carbocycles. The van der Waals surface area contributed by atoms with Crippen LogP contribution in [0.5, 0.6) is 5.75 Å². The maximum atomic E-state index is 12.8. The Kier molecular flexibility index (Phi) is 3.92. The minimum Gasteiger partial charge on any atom is -0.488 e. The molecule has 1 heterocycles. The first-order chi connectivity index (χ1) is 10.2. The summed E-state index contributed by atoms with van der Waals surface area (Å²) in [4.78, 5) is 0. The van der Waals surface area contributed by atoms with Crippen LogP contribution in [-0.2, 0) is 6.61 Å². The van der Waals surface area contributed by atoms with Crippen molar-refractivity contribution in [3.63, 3.8) is 0 Å². The lowest BCUT2D eigenvalue weighted by Crippen LogP contribution is -1.96. The molecule has 0 amide bonds. The summed E-state index contributed by atoms with van der Waals surface area (Å²) in [6.45, 7) is 0.362. The zero-order chi connectivity index (χ0) is 14.7. The van der Waals surface area contributed by atoms with Crippen molar-refractivity contribution in [2.75, 3.05) is 0 Å². The molecule has 0 atom stereocenters. The number of hydrogen-bond acceptors (Lipinski definition) is 4. The number of ether oxygens (including phenoxy) is 1. The molecule has 0 bridgehead atoms. The van der Waals surface area contributed by atoms with Gasteiger partial charge in [0.2, 0.25) is 5.82 Å². The molecular weight excluding hydrogens is 339 g/mol. The number of tetrazole rings is 1. The summed E-state index contributed by atoms with van der Waals surface area (Å²) in [5, 5.41) is 13.8. The highest BCUT2D eigenvalue weighted by Crippen LogP contribution is 2.29. The van der Waals surface area contributed by atoms with E-state index >= 15 is 0 Å². The standard InChI is InChI=1S/C14H10BrFN4O/c15-12-7-10(14-17-19-20-18-14)3-6-13(12)21-8-9-1-4-11(16)5-2-9/h1-7H,8H2,(H,17,18,19,20). The lowest BCUT2D eigenvalue weighted by molar-refractivity contribution is 0.304. The topological polar surface area (TPSA) is 63.7 Å². The number of benzene rings is 2. The molecule has 0 saturated heterocycles. The van der Waals surface area contributed by atoms with Gasteiger partial charge in [0.05, 0.1) is 4.47 Å². The molecule has 0 aliphatic rings. The van der Waals surface area contributed by atoms with E-state index in [1.54, 1.807) is 12.1 Å². The summed E-state index contributed by atoms with van der Waals surface area (Å²) in [5.74, 6) is 0.941. The average molecular weight is 349 g/mol. The highest BCUT2D eigenvalue weighted by Gasteiger charge is 2.07. The highest BCUT2D eigenvalue weighted by atomic mass is 79.9. The lowest BCUT2D eigenvalue weighted by Gasteiger charge is -2.09. The van der Waals surface area contributed by atoms with Gasteiger partial charge in [-0.2, -0.15) is 5.21 Å². The van der Waals surface area contributed by atoms with E-state index in [4.69, 9.17) is 4.74 Å². The van der Waals surface area contributed by atoms with Gasteiger partial charge in [0.1, 0.15) is 18.2 Å². The molecule has 0 radical (unpaired) electrons. The van der Waals surface area contributed by atoms with E-state index in [0.29, 0.717) is 18.2 Å². The maximum Gasteiger partial charge on any atom is 0.204 e. The number of nitrogens with zero attached hydrogens (tertiary/aromatic N) is 3. The van der Waals surface area contributed by atoms with Gasteiger partial charge in [-0.15, -0.1) is 10.2 Å². The fraction of sp³-hybridized carbons (Fsp3) is 0.0714. The monoisotopic (exact) mass is 348 g/mol. The van der Waals surface area contributed by atoms with Crippen LogP contribution in [0.2, 0.25) is 0 Å². The molecule has 7 heteroatoms. The van der Waals surface area contributed by atoms with Crippen LogP contribution in [0.3, 0.4) is 0 Å². The molecule has 3 rings (SSSR count). The molecule has 0 spiro atoms. The fourth-order valence-corrected chi connectivity index (χ4v) is 2.28. The van der Waals surface area contributed by atoms with E-state index in [-0.39, 0.29) is 5.82 Å². The minimum atomic E-state index is -0.260. The molecule has 1 N–H and O–H groups in total. The Morgan fingerprint density at radius 2 is 1.95 bits per heavy atom. The van der Waals surface area contributed by atoms with Gasteiger partial charge in [-0.25, -0.2) is 4.39 Å². The highest BCUT2D eigenvalue weighted by molar-refractivity contribution is 9.10. The molecule has 0 fully saturated rings. The van der Waals surface area contributed by atoms with Gasteiger partial charge in [0.25, 0.3) is 0 Å². The van der Waals surface area contributed by atoms with Crippen molar-refractivity contribution in [3.05, 3.63) is 58.3 Å². The molecule has 0 aliphatic heterocycles. The predicted octanol–water partition coefficient (Wildman–Crippen LogP) is 3.35. The second-order valence-corrected chi connectivity index (χ2v) is 5.15. The van der Waals surface area contributed by atoms with Gasteiger partial charge in [-0.1, -0.05) is 12.1 Å². The van der Waals surface area contributed by atoms with Crippen molar-refractivity contribution < 1.29 is 9.13 Å². The first kappa shape index (κ1) is 13.7. The fourth-order valence-electron chi connectivity index (χ4n) is 1.78. The number of hydrogen-bond donors (Lipinski definition) is 1. The Bertz CT molecular complexity index is 731. The van der Waals surface area contributed by atoms with Crippen LogP contribution in [0.15, 0.2) is 46.9 Å². The third kappa shape index (κ3) is 3.25. The summed E-state index contributed by atoms with van der Waals surface area (Å²) >= 11 is 3.45. The lowest BCUT2D eigenvalue weighted by atomic mass is 10.2. The Balaban J connectivity index is 1.73. The van der Waals surface area contributed by atoms with Gasteiger partial charge in [0.15, 0.2) is 0 Å². The number of nitrogens with one attached hydrogen (secondary N) is 1. The van der Waals surface area contributed by atoms with Crippen LogP contribution in [-0.4, -0.2) is 20.6 Å². The van der Waals surface area contributed by atoms with Gasteiger partial charge >= 0.3 is 0 Å². The second-order valence-electron chi connectivity index (χ2n) is 4.30. The summed E-state index contributed by atoms with van der Waals surface area (Å²) in [6.07, 6.45) is 0. The van der Waals surface area contributed by atoms with E-state index in [9.17, 15) is 4.39 Å². The molecule has 3 aromatic rings. The summed E-state index contributed by atoms with van der Waals surface area (Å²) in [5.41, 5.74) is 1.72. The van der Waals surface area contributed by atoms with E-state index in [1.165, 1.54) is 12.1 Å². The summed E-state index contributed by atoms with van der Waals surface area (Å²) in [7, 11) is 0. The van der Waals surface area contributed by atoms with Crippen LogP contribution in [0.4, 0.5) is 4.39 Å². The Labute approximate surface area is 128 Å². The first-order valence-electron chi connectivity index (χ1n) is 6.13. The molecule has 5 nitrogen and oxygen atoms in total. The molecule has 2 aromatic carbocycles. The number of rotatable bonds is 4. The van der Waals surface area contributed by atoms with Crippen molar-refractivity contribution in [3.8, 4) is 17.1 Å². The second kappa shape index (κ2) is 6.01. The van der Waals surface area contributed by atoms with Crippen molar-refractivity contribution in [2.45, 2.75) is 6.61 Å². The van der Waals surface area contributed by atoms with Crippen LogP contribution >= 0.6 is 15.9 Å². The largest absolute Gasteiger partial charge is 0.488 e. The molecule has 0 aliphatic carbocycles. The molecule has 106 valence electrons. The van der Waals surface area contributed by atoms with Crippen LogP contribution in [0, 0.1) is 5.82 Å². The number of H-pyrrole nitrogens is 1. The Hall–Kier alpha value is -2.28. The van der Waals surface area contributed by atoms with E-state index in [1.807, 2.05) is 18.2 Å². The molecule has 21 heavy (non-hydrogen) atoms. The summed E-state index contributed by atoms with van der Waals surface area (Å²) in [6, 6.07) is 11.7. The SMILES string of the molecule is Fc1ccc(COc2ccc(-c3nn[nH]n3)cc2Br)cc1. The van der Waals surface area contributed by atoms with Gasteiger partial charge in [-0.3, -0.25) is 0 Å². The van der Waals surface area contributed by atoms with Crippen molar-refractivity contribution in [1.82, 2.24) is 20.6 Å². The van der Waals surface area contributed by atoms with Gasteiger partial charge < -0.3 is 4.74 Å². The van der Waals surface area contributed by atoms with Crippen molar-refractivity contribution in [1.29, 1.82) is 0 Å². The third-order valence-electron chi connectivity index (χ3n) is 2.84. The van der Waals surface area contributed by atoms with Crippen LogP contribution in [0.25, 0.3) is 11.4 Å². The van der Waals surface area contributed by atoms with E-state index in [2.05, 4.69) is 36.6 Å². The molecule has 0 unspecified atom stereocenters. The van der Waals surface area contributed by atoms with E-state index in [0.717, 1.165) is 15.6 Å². The number of aromatic nitrogens is 4. The predicted molar refractivity (Wildman–Crippen MR) is 78.0 cm³/mol. The van der Waals surface area contributed by atoms with Gasteiger partial charge in [-0.05, 0) is 57.0 Å². The smallest absolute Gasteiger partial charge is 0.204 e. The zero-order valence-corrected chi connectivity index (χ0v) is 12.3. The first-order valence-corrected chi connectivity index (χ1v) is 6.92. The maximum absolute atomic E-state index is 12.8. The third-order valence-corrected chi connectivity index (χ3v) is 3.46. The number of aromatic amines is 1. The quantitative estimate of drug-likeness (QED) is 0.785. The Morgan fingerprint density at radius 3 is 2.62 bits per heavy atom. The average Bonchev–Trinajstić information content (AvgIpc) is 3.02. The molecular formula is C14H10BrFN4O. The van der Waals surface area contributed by atoms with Crippen molar-refractivity contribution >= 4 is 15.9 Å².